The van der Waals surface area contributed by atoms with Gasteiger partial charge in [-0.3, -0.25) is 4.79 Å². The van der Waals surface area contributed by atoms with E-state index in [0.29, 0.717) is 18.0 Å². The lowest BCUT2D eigenvalue weighted by Gasteiger charge is -2.36. The van der Waals surface area contributed by atoms with E-state index in [0.717, 1.165) is 40.6 Å². The van der Waals surface area contributed by atoms with Gasteiger partial charge < -0.3 is 18.9 Å². The number of nitrogens with zero attached hydrogens (tertiary/aromatic N) is 2. The van der Waals surface area contributed by atoms with E-state index in [1.165, 1.54) is 10.4 Å². The number of rotatable bonds is 5. The molecule has 3 heterocycles. The van der Waals surface area contributed by atoms with E-state index in [9.17, 15) is 4.79 Å². The maximum Gasteiger partial charge on any atom is 0.256 e. The fourth-order valence-corrected chi connectivity index (χ4v) is 6.06. The van der Waals surface area contributed by atoms with Crippen LogP contribution in [0.4, 0.5) is 0 Å². The van der Waals surface area contributed by atoms with Crippen molar-refractivity contribution in [1.29, 1.82) is 0 Å². The lowest BCUT2D eigenvalue weighted by Crippen LogP contribution is -2.40. The number of ether oxygens (including phenoxy) is 2. The van der Waals surface area contributed by atoms with Crippen molar-refractivity contribution in [2.24, 2.45) is 7.05 Å². The SMILES string of the molecule is COc1ccc(CC2c3sccc3CCN2C(=O)c2c(C)n(C)c3ccccc23)cc1OC. The van der Waals surface area contributed by atoms with Gasteiger partial charge in [0.15, 0.2) is 11.5 Å². The Morgan fingerprint density at radius 3 is 2.67 bits per heavy atom. The summed E-state index contributed by atoms with van der Waals surface area (Å²) in [5, 5.41) is 3.16. The van der Waals surface area contributed by atoms with Crippen molar-refractivity contribution in [3.8, 4) is 11.5 Å². The highest BCUT2D eigenvalue weighted by Gasteiger charge is 2.34. The van der Waals surface area contributed by atoms with Crippen molar-refractivity contribution in [3.63, 3.8) is 0 Å². The number of carbonyl (C=O) groups is 1. The number of carbonyl (C=O) groups excluding carboxylic acids is 1. The quantitative estimate of drug-likeness (QED) is 0.392. The molecule has 4 aromatic rings. The molecule has 0 radical (unpaired) electrons. The van der Waals surface area contributed by atoms with Crippen molar-refractivity contribution < 1.29 is 14.3 Å². The molecular weight excluding hydrogens is 432 g/mol. The van der Waals surface area contributed by atoms with Gasteiger partial charge in [0.05, 0.1) is 25.8 Å². The van der Waals surface area contributed by atoms with Crippen molar-refractivity contribution >= 4 is 28.1 Å². The highest BCUT2D eigenvalue weighted by atomic mass is 32.1. The van der Waals surface area contributed by atoms with Crippen LogP contribution in [0.1, 0.15) is 38.1 Å². The number of benzene rings is 2. The Morgan fingerprint density at radius 1 is 1.09 bits per heavy atom. The Labute approximate surface area is 198 Å². The van der Waals surface area contributed by atoms with Crippen LogP contribution in [0.15, 0.2) is 53.9 Å². The molecule has 0 saturated carbocycles. The van der Waals surface area contributed by atoms with E-state index >= 15 is 0 Å². The minimum absolute atomic E-state index is 0.0160. The molecule has 1 amide bonds. The van der Waals surface area contributed by atoms with Gasteiger partial charge in [-0.2, -0.15) is 0 Å². The third-order valence-electron chi connectivity index (χ3n) is 6.83. The van der Waals surface area contributed by atoms with E-state index in [1.807, 2.05) is 38.2 Å². The van der Waals surface area contributed by atoms with E-state index in [4.69, 9.17) is 9.47 Å². The zero-order chi connectivity index (χ0) is 23.1. The van der Waals surface area contributed by atoms with E-state index in [1.54, 1.807) is 25.6 Å². The first-order valence-corrected chi connectivity index (χ1v) is 12.0. The van der Waals surface area contributed by atoms with Crippen molar-refractivity contribution in [3.05, 3.63) is 81.2 Å². The number of amides is 1. The normalized spacial score (nSPS) is 15.5. The van der Waals surface area contributed by atoms with Gasteiger partial charge in [0, 0.05) is 35.1 Å². The minimum Gasteiger partial charge on any atom is -0.493 e. The maximum atomic E-state index is 14.1. The van der Waals surface area contributed by atoms with Crippen molar-refractivity contribution in [2.75, 3.05) is 20.8 Å². The van der Waals surface area contributed by atoms with Crippen LogP contribution in [-0.4, -0.2) is 36.1 Å². The summed E-state index contributed by atoms with van der Waals surface area (Å²) in [7, 11) is 5.32. The number of aromatic nitrogens is 1. The average molecular weight is 461 g/mol. The Morgan fingerprint density at radius 2 is 1.88 bits per heavy atom. The molecule has 1 aliphatic rings. The van der Waals surface area contributed by atoms with Crippen LogP contribution < -0.4 is 9.47 Å². The zero-order valence-corrected chi connectivity index (χ0v) is 20.2. The molecule has 170 valence electrons. The number of para-hydroxylation sites is 1. The molecule has 0 aliphatic carbocycles. The Hall–Kier alpha value is -3.25. The number of hydrogen-bond donors (Lipinski definition) is 0. The lowest BCUT2D eigenvalue weighted by atomic mass is 9.94. The summed E-state index contributed by atoms with van der Waals surface area (Å²) in [5.41, 5.74) is 5.37. The molecule has 0 N–H and O–H groups in total. The van der Waals surface area contributed by atoms with Crippen LogP contribution >= 0.6 is 11.3 Å². The van der Waals surface area contributed by atoms with Crippen LogP contribution in [0.3, 0.4) is 0 Å². The molecule has 1 unspecified atom stereocenters. The first-order valence-electron chi connectivity index (χ1n) is 11.2. The van der Waals surface area contributed by atoms with Crippen LogP contribution in [-0.2, 0) is 19.9 Å². The third-order valence-corrected chi connectivity index (χ3v) is 7.89. The van der Waals surface area contributed by atoms with E-state index < -0.39 is 0 Å². The molecule has 2 aromatic carbocycles. The first-order chi connectivity index (χ1) is 16.0. The molecule has 0 saturated heterocycles. The zero-order valence-electron chi connectivity index (χ0n) is 19.4. The Bertz CT molecular complexity index is 1340. The second-order valence-electron chi connectivity index (χ2n) is 8.50. The molecule has 0 fully saturated rings. The Kier molecular flexibility index (Phi) is 5.62. The smallest absolute Gasteiger partial charge is 0.256 e. The minimum atomic E-state index is -0.0160. The second-order valence-corrected chi connectivity index (χ2v) is 9.45. The summed E-state index contributed by atoms with van der Waals surface area (Å²) in [6, 6.07) is 16.4. The molecular formula is C27H28N2O3S. The maximum absolute atomic E-state index is 14.1. The number of aryl methyl sites for hydroxylation is 1. The van der Waals surface area contributed by atoms with Crippen molar-refractivity contribution in [2.45, 2.75) is 25.8 Å². The van der Waals surface area contributed by atoms with Gasteiger partial charge in [0.25, 0.3) is 5.91 Å². The fraction of sp³-hybridized carbons (Fsp3) is 0.296. The van der Waals surface area contributed by atoms with Crippen LogP contribution in [0.25, 0.3) is 10.9 Å². The molecule has 33 heavy (non-hydrogen) atoms. The highest BCUT2D eigenvalue weighted by Crippen LogP contribution is 2.39. The predicted octanol–water partition coefficient (Wildman–Crippen LogP) is 5.55. The third kappa shape index (κ3) is 3.59. The van der Waals surface area contributed by atoms with Gasteiger partial charge in [-0.05, 0) is 60.5 Å². The summed E-state index contributed by atoms with van der Waals surface area (Å²) in [4.78, 5) is 17.4. The molecule has 5 rings (SSSR count). The average Bonchev–Trinajstić information content (AvgIpc) is 3.42. The predicted molar refractivity (Wildman–Crippen MR) is 133 cm³/mol. The summed E-state index contributed by atoms with van der Waals surface area (Å²) in [6.07, 6.45) is 1.61. The van der Waals surface area contributed by atoms with Crippen LogP contribution in [0.5, 0.6) is 11.5 Å². The molecule has 0 bridgehead atoms. The second kappa shape index (κ2) is 8.60. The van der Waals surface area contributed by atoms with Crippen LogP contribution in [0, 0.1) is 6.92 Å². The van der Waals surface area contributed by atoms with Gasteiger partial charge >= 0.3 is 0 Å². The molecule has 0 spiro atoms. The number of hydrogen-bond acceptors (Lipinski definition) is 4. The van der Waals surface area contributed by atoms with Crippen LogP contribution in [0.2, 0.25) is 0 Å². The summed E-state index contributed by atoms with van der Waals surface area (Å²) >= 11 is 1.74. The fourth-order valence-electron chi connectivity index (χ4n) is 5.00. The largest absolute Gasteiger partial charge is 0.493 e. The Balaban J connectivity index is 1.56. The summed E-state index contributed by atoms with van der Waals surface area (Å²) < 4.78 is 13.1. The monoisotopic (exact) mass is 460 g/mol. The topological polar surface area (TPSA) is 43.7 Å². The summed E-state index contributed by atoms with van der Waals surface area (Å²) in [5.74, 6) is 1.52. The van der Waals surface area contributed by atoms with E-state index in [2.05, 4.69) is 39.1 Å². The van der Waals surface area contributed by atoms with E-state index in [-0.39, 0.29) is 11.9 Å². The van der Waals surface area contributed by atoms with Gasteiger partial charge in [0.2, 0.25) is 0 Å². The highest BCUT2D eigenvalue weighted by molar-refractivity contribution is 7.10. The summed E-state index contributed by atoms with van der Waals surface area (Å²) in [6.45, 7) is 2.75. The van der Waals surface area contributed by atoms with Gasteiger partial charge in [-0.1, -0.05) is 24.3 Å². The standard InChI is InChI=1S/C27H28N2O3S/c1-17-25(20-7-5-6-8-21(20)28(17)2)27(30)29-13-11-19-12-14-33-26(19)22(29)15-18-9-10-23(31-3)24(16-18)32-4/h5-10,12,14,16,22H,11,13,15H2,1-4H3. The molecule has 1 atom stereocenters. The van der Waals surface area contributed by atoms with Gasteiger partial charge in [-0.15, -0.1) is 11.3 Å². The number of fused-ring (bicyclic) bond motifs is 2. The number of thiophene rings is 1. The molecule has 5 nitrogen and oxygen atoms in total. The van der Waals surface area contributed by atoms with Gasteiger partial charge in [-0.25, -0.2) is 0 Å². The first kappa shape index (κ1) is 21.6. The molecule has 2 aromatic heterocycles. The number of methoxy groups -OCH3 is 2. The van der Waals surface area contributed by atoms with Gasteiger partial charge in [0.1, 0.15) is 0 Å². The van der Waals surface area contributed by atoms with Crippen molar-refractivity contribution in [1.82, 2.24) is 9.47 Å². The molecule has 1 aliphatic heterocycles. The molecule has 6 heteroatoms. The lowest BCUT2D eigenvalue weighted by molar-refractivity contribution is 0.0665.